The van der Waals surface area contributed by atoms with Crippen molar-refractivity contribution in [3.63, 3.8) is 0 Å². The Hall–Kier alpha value is 0.157. The van der Waals surface area contributed by atoms with E-state index in [1.54, 1.807) is 0 Å². The fourth-order valence-electron chi connectivity index (χ4n) is 2.35. The first-order valence-electron chi connectivity index (χ1n) is 8.10. The SMILES string of the molecule is CCCCCCCC(=O)SCCC[Si]1(C)OCCCO1. The van der Waals surface area contributed by atoms with Gasteiger partial charge in [-0.15, -0.1) is 0 Å². The molecule has 0 saturated carbocycles. The number of carbonyl (C=O) groups excluding carboxylic acids is 1. The molecule has 20 heavy (non-hydrogen) atoms. The lowest BCUT2D eigenvalue weighted by molar-refractivity contribution is -0.111. The molecule has 118 valence electrons. The Labute approximate surface area is 129 Å². The molecule has 1 aliphatic heterocycles. The smallest absolute Gasteiger partial charge is 0.334 e. The van der Waals surface area contributed by atoms with Crippen LogP contribution in [-0.4, -0.2) is 32.6 Å². The molecule has 1 saturated heterocycles. The summed E-state index contributed by atoms with van der Waals surface area (Å²) in [5.74, 6) is 0.920. The third kappa shape index (κ3) is 8.45. The maximum atomic E-state index is 11.7. The minimum atomic E-state index is -1.87. The molecule has 0 spiro atoms. The van der Waals surface area contributed by atoms with Crippen LogP contribution >= 0.6 is 11.8 Å². The molecular formula is C15H30O3SSi. The molecule has 0 unspecified atom stereocenters. The summed E-state index contributed by atoms with van der Waals surface area (Å²) in [6.07, 6.45) is 8.89. The van der Waals surface area contributed by atoms with Crippen LogP contribution in [-0.2, 0) is 13.6 Å². The zero-order valence-corrected chi connectivity index (χ0v) is 14.9. The van der Waals surface area contributed by atoms with Crippen LogP contribution in [0.3, 0.4) is 0 Å². The molecule has 0 amide bonds. The van der Waals surface area contributed by atoms with Crippen LogP contribution in [0.15, 0.2) is 0 Å². The highest BCUT2D eigenvalue weighted by atomic mass is 32.2. The lowest BCUT2D eigenvalue weighted by Gasteiger charge is -2.31. The first-order valence-corrected chi connectivity index (χ1v) is 11.6. The van der Waals surface area contributed by atoms with Gasteiger partial charge in [0.2, 0.25) is 0 Å². The molecule has 0 aromatic rings. The van der Waals surface area contributed by atoms with Crippen LogP contribution in [0.2, 0.25) is 12.6 Å². The Bertz CT molecular complexity index is 268. The summed E-state index contributed by atoms with van der Waals surface area (Å²) in [7, 11) is -1.87. The van der Waals surface area contributed by atoms with E-state index in [4.69, 9.17) is 8.85 Å². The lowest BCUT2D eigenvalue weighted by Crippen LogP contribution is -2.42. The lowest BCUT2D eigenvalue weighted by atomic mass is 10.1. The average Bonchev–Trinajstić information content (AvgIpc) is 2.44. The molecule has 5 heteroatoms. The van der Waals surface area contributed by atoms with Crippen LogP contribution in [0.25, 0.3) is 0 Å². The van der Waals surface area contributed by atoms with Crippen molar-refractivity contribution >= 4 is 25.4 Å². The molecule has 0 bridgehead atoms. The number of unbranched alkanes of at least 4 members (excludes halogenated alkanes) is 4. The van der Waals surface area contributed by atoms with Crippen molar-refractivity contribution in [1.29, 1.82) is 0 Å². The van der Waals surface area contributed by atoms with E-state index in [1.807, 2.05) is 0 Å². The molecule has 0 N–H and O–H groups in total. The summed E-state index contributed by atoms with van der Waals surface area (Å²) in [5.41, 5.74) is 0. The number of hydrogen-bond donors (Lipinski definition) is 0. The average molecular weight is 319 g/mol. The first kappa shape index (κ1) is 18.2. The Balaban J connectivity index is 1.96. The third-order valence-corrected chi connectivity index (χ3v) is 7.54. The first-order chi connectivity index (χ1) is 9.66. The maximum absolute atomic E-state index is 11.7. The van der Waals surface area contributed by atoms with Crippen molar-refractivity contribution in [1.82, 2.24) is 0 Å². The van der Waals surface area contributed by atoms with Crippen LogP contribution in [0, 0.1) is 0 Å². The van der Waals surface area contributed by atoms with Gasteiger partial charge in [0, 0.05) is 25.4 Å². The number of carbonyl (C=O) groups is 1. The van der Waals surface area contributed by atoms with Crippen LogP contribution in [0.5, 0.6) is 0 Å². The second kappa shape index (κ2) is 10.8. The van der Waals surface area contributed by atoms with Crippen LogP contribution in [0.1, 0.15) is 58.3 Å². The van der Waals surface area contributed by atoms with Gasteiger partial charge in [0.15, 0.2) is 5.12 Å². The van der Waals surface area contributed by atoms with Gasteiger partial charge in [0.05, 0.1) is 0 Å². The predicted octanol–water partition coefficient (Wildman–Crippen LogP) is 4.51. The minimum Gasteiger partial charge on any atom is -0.394 e. The zero-order valence-electron chi connectivity index (χ0n) is 13.1. The summed E-state index contributed by atoms with van der Waals surface area (Å²) in [4.78, 5) is 11.7. The van der Waals surface area contributed by atoms with E-state index >= 15 is 0 Å². The van der Waals surface area contributed by atoms with Gasteiger partial charge in [0.25, 0.3) is 0 Å². The second-order valence-electron chi connectivity index (χ2n) is 5.67. The zero-order chi connectivity index (χ0) is 14.7. The normalized spacial score (nSPS) is 18.1. The van der Waals surface area contributed by atoms with Crippen molar-refractivity contribution in [3.05, 3.63) is 0 Å². The van der Waals surface area contributed by atoms with Crippen molar-refractivity contribution in [2.75, 3.05) is 19.0 Å². The fourth-order valence-corrected chi connectivity index (χ4v) is 5.75. The highest BCUT2D eigenvalue weighted by Gasteiger charge is 2.33. The number of rotatable bonds is 10. The largest absolute Gasteiger partial charge is 0.394 e. The van der Waals surface area contributed by atoms with Gasteiger partial charge in [-0.2, -0.15) is 0 Å². The van der Waals surface area contributed by atoms with Crippen molar-refractivity contribution < 1.29 is 13.6 Å². The van der Waals surface area contributed by atoms with Crippen molar-refractivity contribution in [3.8, 4) is 0 Å². The van der Waals surface area contributed by atoms with E-state index in [9.17, 15) is 4.79 Å². The Morgan fingerprint density at radius 1 is 1.10 bits per heavy atom. The topological polar surface area (TPSA) is 35.5 Å². The summed E-state index contributed by atoms with van der Waals surface area (Å²) < 4.78 is 11.6. The van der Waals surface area contributed by atoms with E-state index in [2.05, 4.69) is 13.5 Å². The molecule has 1 aliphatic rings. The molecule has 1 heterocycles. The Morgan fingerprint density at radius 3 is 2.50 bits per heavy atom. The molecule has 1 rings (SSSR count). The van der Waals surface area contributed by atoms with Gasteiger partial charge < -0.3 is 8.85 Å². The molecule has 0 radical (unpaired) electrons. The molecular weight excluding hydrogens is 288 g/mol. The highest BCUT2D eigenvalue weighted by molar-refractivity contribution is 8.13. The second-order valence-corrected chi connectivity index (χ2v) is 10.2. The van der Waals surface area contributed by atoms with E-state index in [-0.39, 0.29) is 0 Å². The van der Waals surface area contributed by atoms with Gasteiger partial charge >= 0.3 is 8.56 Å². The van der Waals surface area contributed by atoms with E-state index in [1.165, 1.54) is 37.4 Å². The van der Waals surface area contributed by atoms with Gasteiger partial charge in [0.1, 0.15) is 0 Å². The van der Waals surface area contributed by atoms with Crippen molar-refractivity contribution in [2.24, 2.45) is 0 Å². The molecule has 0 aromatic carbocycles. The molecule has 0 aromatic heterocycles. The highest BCUT2D eigenvalue weighted by Crippen LogP contribution is 2.22. The third-order valence-electron chi connectivity index (χ3n) is 3.63. The van der Waals surface area contributed by atoms with E-state index < -0.39 is 8.56 Å². The van der Waals surface area contributed by atoms with Crippen LogP contribution < -0.4 is 0 Å². The Kier molecular flexibility index (Phi) is 9.85. The monoisotopic (exact) mass is 318 g/mol. The fraction of sp³-hybridized carbons (Fsp3) is 0.933. The summed E-state index contributed by atoms with van der Waals surface area (Å²) >= 11 is 1.50. The minimum absolute atomic E-state index is 0.360. The quantitative estimate of drug-likeness (QED) is 0.439. The standard InChI is InChI=1S/C15H30O3SSi/c1-3-4-5-6-7-10-15(16)19-13-9-14-20(2)17-11-8-12-18-20/h3-14H2,1-2H3. The molecule has 3 nitrogen and oxygen atoms in total. The number of hydrogen-bond acceptors (Lipinski definition) is 4. The van der Waals surface area contributed by atoms with Gasteiger partial charge in [-0.25, -0.2) is 0 Å². The molecule has 0 atom stereocenters. The Morgan fingerprint density at radius 2 is 1.80 bits per heavy atom. The summed E-state index contributed by atoms with van der Waals surface area (Å²) in [6, 6.07) is 1.02. The maximum Gasteiger partial charge on any atom is 0.334 e. The molecule has 0 aliphatic carbocycles. The predicted molar refractivity (Wildman–Crippen MR) is 88.4 cm³/mol. The summed E-state index contributed by atoms with van der Waals surface area (Å²) in [6.45, 7) is 6.07. The van der Waals surface area contributed by atoms with Gasteiger partial charge in [-0.1, -0.05) is 44.4 Å². The number of thioether (sulfide) groups is 1. The molecule has 1 fully saturated rings. The summed E-state index contributed by atoms with van der Waals surface area (Å²) in [5, 5.41) is 0.360. The van der Waals surface area contributed by atoms with Crippen LogP contribution in [0.4, 0.5) is 0 Å². The van der Waals surface area contributed by atoms with Gasteiger partial charge in [-0.3, -0.25) is 4.79 Å². The van der Waals surface area contributed by atoms with E-state index in [0.29, 0.717) is 5.12 Å². The van der Waals surface area contributed by atoms with Crippen molar-refractivity contribution in [2.45, 2.75) is 70.9 Å². The van der Waals surface area contributed by atoms with E-state index in [0.717, 1.165) is 50.7 Å². The van der Waals surface area contributed by atoms with Gasteiger partial charge in [-0.05, 0) is 31.9 Å².